The number of hydrogen-bond donors (Lipinski definition) is 2. The van der Waals surface area contributed by atoms with E-state index in [4.69, 9.17) is 5.11 Å². The first-order valence-electron chi connectivity index (χ1n) is 3.37. The highest BCUT2D eigenvalue weighted by Crippen LogP contribution is 2.17. The number of aromatic amines is 1. The summed E-state index contributed by atoms with van der Waals surface area (Å²) in [4.78, 5) is 22.9. The molecular formula is C7H4F3NO3. The molecule has 0 unspecified atom stereocenters. The highest BCUT2D eigenvalue weighted by molar-refractivity contribution is 5.87. The molecule has 14 heavy (non-hydrogen) atoms. The van der Waals surface area contributed by atoms with Gasteiger partial charge in [-0.3, -0.25) is 4.79 Å². The van der Waals surface area contributed by atoms with Gasteiger partial charge in [0.1, 0.15) is 11.1 Å². The third-order valence-electron chi connectivity index (χ3n) is 1.52. The molecule has 0 fully saturated rings. The third kappa shape index (κ3) is 1.61. The van der Waals surface area contributed by atoms with Gasteiger partial charge >= 0.3 is 5.97 Å². The summed E-state index contributed by atoms with van der Waals surface area (Å²) in [6.07, 6.45) is -2.82. The number of aromatic carboxylic acids is 1. The normalized spacial score (nSPS) is 10.6. The van der Waals surface area contributed by atoms with Crippen LogP contribution in [0.15, 0.2) is 11.0 Å². The number of nitrogens with one attached hydrogen (secondary N) is 1. The monoisotopic (exact) mass is 207 g/mol. The van der Waals surface area contributed by atoms with Crippen molar-refractivity contribution in [3.05, 3.63) is 33.5 Å². The van der Waals surface area contributed by atoms with Gasteiger partial charge in [0.15, 0.2) is 0 Å². The molecule has 0 saturated carbocycles. The predicted molar refractivity (Wildman–Crippen MR) is 38.9 cm³/mol. The summed E-state index contributed by atoms with van der Waals surface area (Å²) >= 11 is 0. The second-order valence-corrected chi connectivity index (χ2v) is 2.36. The molecule has 1 aromatic rings. The van der Waals surface area contributed by atoms with Gasteiger partial charge in [-0.2, -0.15) is 4.39 Å². The van der Waals surface area contributed by atoms with Crippen LogP contribution in [0.25, 0.3) is 0 Å². The molecule has 1 rings (SSSR count). The molecule has 0 aromatic carbocycles. The predicted octanol–water partition coefficient (Wildman–Crippen LogP) is 1.15. The Bertz CT molecular complexity index is 427. The van der Waals surface area contributed by atoms with Crippen LogP contribution in [0.3, 0.4) is 0 Å². The average Bonchev–Trinajstić information content (AvgIpc) is 2.02. The molecular weight excluding hydrogens is 203 g/mol. The Hall–Kier alpha value is -1.79. The molecule has 0 amide bonds. The summed E-state index contributed by atoms with van der Waals surface area (Å²) in [6, 6.07) is 0. The van der Waals surface area contributed by atoms with Crippen LogP contribution < -0.4 is 5.43 Å². The van der Waals surface area contributed by atoms with Gasteiger partial charge in [-0.05, 0) is 0 Å². The first-order chi connectivity index (χ1) is 6.45. The van der Waals surface area contributed by atoms with Crippen LogP contribution in [-0.4, -0.2) is 16.1 Å². The first kappa shape index (κ1) is 10.3. The molecule has 4 nitrogen and oxygen atoms in total. The number of rotatable bonds is 2. The largest absolute Gasteiger partial charge is 0.477 e. The second kappa shape index (κ2) is 3.52. The van der Waals surface area contributed by atoms with Crippen molar-refractivity contribution >= 4 is 5.97 Å². The Morgan fingerprint density at radius 3 is 2.50 bits per heavy atom. The van der Waals surface area contributed by atoms with Gasteiger partial charge in [0.05, 0.1) is 0 Å². The SMILES string of the molecule is O=C(O)c1c[nH]c(F)c(C(F)F)c1=O. The van der Waals surface area contributed by atoms with E-state index in [0.29, 0.717) is 6.20 Å². The summed E-state index contributed by atoms with van der Waals surface area (Å²) in [7, 11) is 0. The Morgan fingerprint density at radius 2 is 2.07 bits per heavy atom. The number of aromatic nitrogens is 1. The maximum Gasteiger partial charge on any atom is 0.341 e. The van der Waals surface area contributed by atoms with Gasteiger partial charge in [0, 0.05) is 6.20 Å². The van der Waals surface area contributed by atoms with Crippen LogP contribution in [0.1, 0.15) is 22.3 Å². The molecule has 1 heterocycles. The molecule has 0 radical (unpaired) electrons. The van der Waals surface area contributed by atoms with E-state index in [1.807, 2.05) is 0 Å². The fraction of sp³-hybridized carbons (Fsp3) is 0.143. The van der Waals surface area contributed by atoms with Crippen LogP contribution in [-0.2, 0) is 0 Å². The molecule has 1 aromatic heterocycles. The van der Waals surface area contributed by atoms with E-state index in [0.717, 1.165) is 0 Å². The van der Waals surface area contributed by atoms with E-state index >= 15 is 0 Å². The Kier molecular flexibility index (Phi) is 2.59. The summed E-state index contributed by atoms with van der Waals surface area (Å²) in [5.74, 6) is -3.21. The van der Waals surface area contributed by atoms with Crippen molar-refractivity contribution in [1.82, 2.24) is 4.98 Å². The van der Waals surface area contributed by atoms with Crippen LogP contribution in [0.2, 0.25) is 0 Å². The molecule has 0 bridgehead atoms. The number of halogens is 3. The quantitative estimate of drug-likeness (QED) is 0.714. The number of hydrogen-bond acceptors (Lipinski definition) is 2. The molecule has 0 spiro atoms. The zero-order chi connectivity index (χ0) is 10.9. The lowest BCUT2D eigenvalue weighted by Crippen LogP contribution is -2.21. The fourth-order valence-corrected chi connectivity index (χ4v) is 0.877. The van der Waals surface area contributed by atoms with E-state index in [9.17, 15) is 22.8 Å². The minimum atomic E-state index is -3.35. The zero-order valence-corrected chi connectivity index (χ0v) is 6.55. The summed E-state index contributed by atoms with van der Waals surface area (Å²) in [6.45, 7) is 0. The van der Waals surface area contributed by atoms with Crippen molar-refractivity contribution in [2.45, 2.75) is 6.43 Å². The second-order valence-electron chi connectivity index (χ2n) is 2.36. The molecule has 0 atom stereocenters. The number of carboxylic acid groups (broad SMARTS) is 1. The van der Waals surface area contributed by atoms with Gasteiger partial charge in [-0.25, -0.2) is 13.6 Å². The minimum Gasteiger partial charge on any atom is -0.477 e. The van der Waals surface area contributed by atoms with Crippen molar-refractivity contribution in [3.8, 4) is 0 Å². The zero-order valence-electron chi connectivity index (χ0n) is 6.55. The third-order valence-corrected chi connectivity index (χ3v) is 1.52. The Balaban J connectivity index is 3.50. The van der Waals surface area contributed by atoms with E-state index in [1.54, 1.807) is 4.98 Å². The van der Waals surface area contributed by atoms with E-state index < -0.39 is 34.9 Å². The Morgan fingerprint density at radius 1 is 1.50 bits per heavy atom. The maximum atomic E-state index is 12.6. The van der Waals surface area contributed by atoms with Crippen molar-refractivity contribution in [1.29, 1.82) is 0 Å². The van der Waals surface area contributed by atoms with E-state index in [-0.39, 0.29) is 0 Å². The molecule has 0 aliphatic rings. The van der Waals surface area contributed by atoms with E-state index in [1.165, 1.54) is 0 Å². The molecule has 76 valence electrons. The number of pyridine rings is 1. The molecule has 7 heteroatoms. The van der Waals surface area contributed by atoms with Gasteiger partial charge < -0.3 is 10.1 Å². The first-order valence-corrected chi connectivity index (χ1v) is 3.37. The highest BCUT2D eigenvalue weighted by Gasteiger charge is 2.22. The van der Waals surface area contributed by atoms with Crippen molar-refractivity contribution in [3.63, 3.8) is 0 Å². The highest BCUT2D eigenvalue weighted by atomic mass is 19.3. The number of H-pyrrole nitrogens is 1. The fourth-order valence-electron chi connectivity index (χ4n) is 0.877. The smallest absolute Gasteiger partial charge is 0.341 e. The topological polar surface area (TPSA) is 70.2 Å². The number of carbonyl (C=O) groups is 1. The summed E-state index contributed by atoms with van der Waals surface area (Å²) in [5, 5.41) is 8.38. The van der Waals surface area contributed by atoms with Gasteiger partial charge in [-0.1, -0.05) is 0 Å². The van der Waals surface area contributed by atoms with Crippen molar-refractivity contribution in [2.24, 2.45) is 0 Å². The number of alkyl halides is 2. The van der Waals surface area contributed by atoms with Crippen molar-refractivity contribution in [2.75, 3.05) is 0 Å². The van der Waals surface area contributed by atoms with Gasteiger partial charge in [0.2, 0.25) is 11.4 Å². The average molecular weight is 207 g/mol. The van der Waals surface area contributed by atoms with Crippen molar-refractivity contribution < 1.29 is 23.1 Å². The lowest BCUT2D eigenvalue weighted by atomic mass is 10.2. The molecule has 0 aliphatic carbocycles. The van der Waals surface area contributed by atoms with Gasteiger partial charge in [0.25, 0.3) is 6.43 Å². The number of carboxylic acids is 1. The van der Waals surface area contributed by atoms with Crippen LogP contribution >= 0.6 is 0 Å². The molecule has 0 saturated heterocycles. The van der Waals surface area contributed by atoms with Crippen LogP contribution in [0.4, 0.5) is 13.2 Å². The molecule has 2 N–H and O–H groups in total. The lowest BCUT2D eigenvalue weighted by Gasteiger charge is -2.01. The van der Waals surface area contributed by atoms with Crippen LogP contribution in [0.5, 0.6) is 0 Å². The summed E-state index contributed by atoms with van der Waals surface area (Å²) < 4.78 is 36.8. The standard InChI is InChI=1S/C7H4F3NO3/c8-5(9)3-4(12)2(7(13)14)1-11-6(3)10/h1,5H,(H,11,12)(H,13,14). The lowest BCUT2D eigenvalue weighted by molar-refractivity contribution is 0.0694. The van der Waals surface area contributed by atoms with Crippen LogP contribution in [0, 0.1) is 5.95 Å². The maximum absolute atomic E-state index is 12.6. The Labute approximate surface area is 75.0 Å². The van der Waals surface area contributed by atoms with Gasteiger partial charge in [-0.15, -0.1) is 0 Å². The van der Waals surface area contributed by atoms with E-state index in [2.05, 4.69) is 0 Å². The summed E-state index contributed by atoms with van der Waals surface area (Å²) in [5.41, 5.74) is -3.88. The minimum absolute atomic E-state index is 0.534. The molecule has 0 aliphatic heterocycles.